The Kier molecular flexibility index (Phi) is 6.42. The molecule has 6 nitrogen and oxygen atoms in total. The lowest BCUT2D eigenvalue weighted by Crippen LogP contribution is -2.43. The average molecular weight is 286 g/mol. The van der Waals surface area contributed by atoms with Gasteiger partial charge in [0.05, 0.1) is 12.2 Å². The molecule has 20 heavy (non-hydrogen) atoms. The fraction of sp³-hybridized carbons (Fsp3) is 0.857. The highest BCUT2D eigenvalue weighted by Crippen LogP contribution is 2.20. The van der Waals surface area contributed by atoms with E-state index in [0.29, 0.717) is 13.0 Å². The van der Waals surface area contributed by atoms with E-state index in [9.17, 15) is 14.7 Å². The summed E-state index contributed by atoms with van der Waals surface area (Å²) in [5.41, 5.74) is -0.229. The van der Waals surface area contributed by atoms with Crippen molar-refractivity contribution in [3.05, 3.63) is 0 Å². The molecule has 3 N–H and O–H groups in total. The summed E-state index contributed by atoms with van der Waals surface area (Å²) in [6.45, 7) is 7.15. The minimum atomic E-state index is -0.663. The number of carbonyl (C=O) groups is 2. The zero-order valence-electron chi connectivity index (χ0n) is 12.6. The van der Waals surface area contributed by atoms with Crippen LogP contribution in [0.5, 0.6) is 0 Å². The molecule has 0 radical (unpaired) electrons. The summed E-state index contributed by atoms with van der Waals surface area (Å²) in [7, 11) is 0. The van der Waals surface area contributed by atoms with Gasteiger partial charge in [-0.05, 0) is 24.7 Å². The molecule has 0 saturated carbocycles. The molecule has 1 heterocycles. The third-order valence-electron chi connectivity index (χ3n) is 3.42. The van der Waals surface area contributed by atoms with E-state index in [1.165, 1.54) is 0 Å². The summed E-state index contributed by atoms with van der Waals surface area (Å²) in [4.78, 5) is 23.1. The summed E-state index contributed by atoms with van der Waals surface area (Å²) >= 11 is 0. The summed E-state index contributed by atoms with van der Waals surface area (Å²) in [5, 5.41) is 14.9. The number of hydrogen-bond acceptors (Lipinski definition) is 4. The number of aliphatic hydroxyl groups excluding tert-OH is 1. The van der Waals surface area contributed by atoms with Gasteiger partial charge < -0.3 is 20.5 Å². The molecule has 0 aromatic rings. The lowest BCUT2D eigenvalue weighted by atomic mass is 9.87. The van der Waals surface area contributed by atoms with Crippen molar-refractivity contribution in [1.82, 2.24) is 10.6 Å². The first-order valence-corrected chi connectivity index (χ1v) is 7.16. The molecule has 0 aliphatic carbocycles. The quantitative estimate of drug-likeness (QED) is 0.630. The van der Waals surface area contributed by atoms with Gasteiger partial charge in [-0.2, -0.15) is 0 Å². The van der Waals surface area contributed by atoms with E-state index in [1.807, 2.05) is 20.8 Å². The molecule has 1 aliphatic rings. The Morgan fingerprint density at radius 2 is 1.95 bits per heavy atom. The standard InChI is InChI=1S/C14H26N2O4/c1-14(2,3)11(17)6-7-15-12(18)13(19)16-9-10-5-4-8-20-10/h10-11,17H,4-9H2,1-3H3,(H,15,18)(H,16,19)/t10-,11-/m1/s1. The number of aliphatic hydroxyl groups is 1. The Balaban J connectivity index is 2.16. The molecular formula is C14H26N2O4. The largest absolute Gasteiger partial charge is 0.393 e. The third-order valence-corrected chi connectivity index (χ3v) is 3.42. The summed E-state index contributed by atoms with van der Waals surface area (Å²) in [6, 6.07) is 0. The van der Waals surface area contributed by atoms with E-state index < -0.39 is 17.9 Å². The molecule has 0 aromatic carbocycles. The molecule has 1 fully saturated rings. The second-order valence-electron chi connectivity index (χ2n) is 6.27. The Labute approximate surface area is 120 Å². The Morgan fingerprint density at radius 3 is 2.50 bits per heavy atom. The average Bonchev–Trinajstić information content (AvgIpc) is 2.87. The van der Waals surface area contributed by atoms with E-state index >= 15 is 0 Å². The van der Waals surface area contributed by atoms with Crippen LogP contribution < -0.4 is 10.6 Å². The molecule has 0 bridgehead atoms. The van der Waals surface area contributed by atoms with Gasteiger partial charge in [-0.15, -0.1) is 0 Å². The van der Waals surface area contributed by atoms with Gasteiger partial charge in [0.25, 0.3) is 0 Å². The Bertz CT molecular complexity index is 333. The molecule has 0 spiro atoms. The van der Waals surface area contributed by atoms with Crippen molar-refractivity contribution < 1.29 is 19.4 Å². The predicted molar refractivity (Wildman–Crippen MR) is 75.1 cm³/mol. The molecule has 1 aliphatic heterocycles. The zero-order valence-corrected chi connectivity index (χ0v) is 12.6. The Hall–Kier alpha value is -1.14. The second kappa shape index (κ2) is 7.59. The molecule has 0 aromatic heterocycles. The fourth-order valence-electron chi connectivity index (χ4n) is 1.93. The fourth-order valence-corrected chi connectivity index (χ4v) is 1.93. The number of rotatable bonds is 5. The third kappa shape index (κ3) is 5.88. The summed E-state index contributed by atoms with van der Waals surface area (Å²) in [5.74, 6) is -1.31. The molecular weight excluding hydrogens is 260 g/mol. The topological polar surface area (TPSA) is 87.7 Å². The van der Waals surface area contributed by atoms with Gasteiger partial charge in [-0.3, -0.25) is 9.59 Å². The number of hydrogen-bond donors (Lipinski definition) is 3. The van der Waals surface area contributed by atoms with Crippen LogP contribution in [0.3, 0.4) is 0 Å². The lowest BCUT2D eigenvalue weighted by Gasteiger charge is -2.25. The van der Waals surface area contributed by atoms with Crippen molar-refractivity contribution in [3.8, 4) is 0 Å². The van der Waals surface area contributed by atoms with Crippen LogP contribution in [0.2, 0.25) is 0 Å². The van der Waals surface area contributed by atoms with Gasteiger partial charge in [0, 0.05) is 19.7 Å². The van der Waals surface area contributed by atoms with E-state index in [0.717, 1.165) is 19.4 Å². The van der Waals surface area contributed by atoms with Crippen molar-refractivity contribution in [2.75, 3.05) is 19.7 Å². The molecule has 2 amide bonds. The molecule has 6 heteroatoms. The number of carbonyl (C=O) groups excluding carboxylic acids is 2. The van der Waals surface area contributed by atoms with Crippen molar-refractivity contribution in [3.63, 3.8) is 0 Å². The normalized spacial score (nSPS) is 20.5. The van der Waals surface area contributed by atoms with Gasteiger partial charge in [0.2, 0.25) is 0 Å². The van der Waals surface area contributed by atoms with Crippen LogP contribution in [0, 0.1) is 5.41 Å². The predicted octanol–water partition coefficient (Wildman–Crippen LogP) is 0.195. The van der Waals surface area contributed by atoms with E-state index in [1.54, 1.807) is 0 Å². The lowest BCUT2D eigenvalue weighted by molar-refractivity contribution is -0.139. The Morgan fingerprint density at radius 1 is 1.30 bits per heavy atom. The molecule has 2 atom stereocenters. The highest BCUT2D eigenvalue weighted by atomic mass is 16.5. The number of amides is 2. The second-order valence-corrected chi connectivity index (χ2v) is 6.27. The molecule has 1 saturated heterocycles. The van der Waals surface area contributed by atoms with E-state index in [4.69, 9.17) is 4.74 Å². The zero-order chi connectivity index (χ0) is 15.2. The molecule has 1 rings (SSSR count). The van der Waals surface area contributed by atoms with Crippen LogP contribution >= 0.6 is 0 Å². The van der Waals surface area contributed by atoms with Gasteiger partial charge in [0.1, 0.15) is 0 Å². The smallest absolute Gasteiger partial charge is 0.309 e. The monoisotopic (exact) mass is 286 g/mol. The number of ether oxygens (including phenoxy) is 1. The van der Waals surface area contributed by atoms with Crippen molar-refractivity contribution in [2.45, 2.75) is 52.2 Å². The molecule has 116 valence electrons. The van der Waals surface area contributed by atoms with Gasteiger partial charge in [-0.1, -0.05) is 20.8 Å². The highest BCUT2D eigenvalue weighted by molar-refractivity contribution is 6.35. The summed E-state index contributed by atoms with van der Waals surface area (Å²) < 4.78 is 5.35. The highest BCUT2D eigenvalue weighted by Gasteiger charge is 2.23. The van der Waals surface area contributed by atoms with Crippen molar-refractivity contribution >= 4 is 11.8 Å². The van der Waals surface area contributed by atoms with Crippen LogP contribution in [0.1, 0.15) is 40.0 Å². The first-order chi connectivity index (χ1) is 9.30. The minimum absolute atomic E-state index is 0.0227. The van der Waals surface area contributed by atoms with E-state index in [2.05, 4.69) is 10.6 Å². The van der Waals surface area contributed by atoms with Crippen LogP contribution in [0.15, 0.2) is 0 Å². The van der Waals surface area contributed by atoms with Crippen LogP contribution in [-0.4, -0.2) is 48.8 Å². The molecule has 0 unspecified atom stereocenters. The van der Waals surface area contributed by atoms with E-state index in [-0.39, 0.29) is 18.1 Å². The van der Waals surface area contributed by atoms with Crippen LogP contribution in [-0.2, 0) is 14.3 Å². The minimum Gasteiger partial charge on any atom is -0.393 e. The van der Waals surface area contributed by atoms with Crippen molar-refractivity contribution in [1.29, 1.82) is 0 Å². The first-order valence-electron chi connectivity index (χ1n) is 7.16. The van der Waals surface area contributed by atoms with Gasteiger partial charge in [0.15, 0.2) is 0 Å². The maximum Gasteiger partial charge on any atom is 0.309 e. The maximum absolute atomic E-state index is 11.5. The maximum atomic E-state index is 11.5. The van der Waals surface area contributed by atoms with Gasteiger partial charge >= 0.3 is 11.8 Å². The summed E-state index contributed by atoms with van der Waals surface area (Å²) in [6.07, 6.45) is 1.85. The van der Waals surface area contributed by atoms with Crippen molar-refractivity contribution in [2.24, 2.45) is 5.41 Å². The van der Waals surface area contributed by atoms with Crippen LogP contribution in [0.25, 0.3) is 0 Å². The van der Waals surface area contributed by atoms with Gasteiger partial charge in [-0.25, -0.2) is 0 Å². The first kappa shape index (κ1) is 16.9. The number of nitrogens with one attached hydrogen (secondary N) is 2. The van der Waals surface area contributed by atoms with Crippen LogP contribution in [0.4, 0.5) is 0 Å². The SMILES string of the molecule is CC(C)(C)[C@H](O)CCNC(=O)C(=O)NC[C@H]1CCCO1.